The van der Waals surface area contributed by atoms with E-state index in [1.54, 1.807) is 23.1 Å². The van der Waals surface area contributed by atoms with Crippen molar-refractivity contribution in [2.45, 2.75) is 56.0 Å². The number of carbonyl (C=O) groups is 2. The maximum atomic E-state index is 14.5. The Hall–Kier alpha value is -2.25. The Labute approximate surface area is 196 Å². The van der Waals surface area contributed by atoms with Gasteiger partial charge >= 0.3 is 0 Å². The quantitative estimate of drug-likeness (QED) is 0.633. The number of piperidine rings is 1. The number of hydrogen-bond acceptors (Lipinski definition) is 3. The predicted octanol–water partition coefficient (Wildman–Crippen LogP) is 3.69. The molecule has 2 aromatic rings. The van der Waals surface area contributed by atoms with Gasteiger partial charge in [-0.1, -0.05) is 46.3 Å². The maximum Gasteiger partial charge on any atom is 0.245 e. The molecule has 1 aliphatic carbocycles. The molecule has 0 spiro atoms. The summed E-state index contributed by atoms with van der Waals surface area (Å²) >= 11 is 3.43. The molecule has 0 aromatic heterocycles. The fourth-order valence-corrected chi connectivity index (χ4v) is 4.67. The topological polar surface area (TPSA) is 75.4 Å². The summed E-state index contributed by atoms with van der Waals surface area (Å²) < 4.78 is 15.4. The smallest absolute Gasteiger partial charge is 0.245 e. The standard InChI is InChI=1S/C25H29BrFN3O2/c1-24(28)12-14-30(15-13-24)22(31)21(16-17-6-8-18(26)9-7-17)29-23(32)25(10-11-25)19-4-2-3-5-20(19)27/h2-9,21H,10-16,28H2,1H3,(H,29,32). The number of nitrogens with one attached hydrogen (secondary N) is 1. The van der Waals surface area contributed by atoms with E-state index in [-0.39, 0.29) is 23.2 Å². The normalized spacial score (nSPS) is 19.8. The third-order valence-corrected chi connectivity index (χ3v) is 7.28. The Bertz CT molecular complexity index is 995. The van der Waals surface area contributed by atoms with E-state index in [0.717, 1.165) is 22.9 Å². The lowest BCUT2D eigenvalue weighted by Crippen LogP contribution is -2.56. The number of hydrogen-bond donors (Lipinski definition) is 2. The van der Waals surface area contributed by atoms with Crippen molar-refractivity contribution in [1.29, 1.82) is 0 Å². The molecule has 1 heterocycles. The van der Waals surface area contributed by atoms with Crippen LogP contribution in [0.25, 0.3) is 0 Å². The molecule has 1 aliphatic heterocycles. The summed E-state index contributed by atoms with van der Waals surface area (Å²) in [7, 11) is 0. The van der Waals surface area contributed by atoms with Crippen molar-refractivity contribution in [1.82, 2.24) is 10.2 Å². The molecule has 3 N–H and O–H groups in total. The van der Waals surface area contributed by atoms with Crippen LogP contribution in [-0.2, 0) is 21.4 Å². The number of carbonyl (C=O) groups excluding carboxylic acids is 2. The fraction of sp³-hybridized carbons (Fsp3) is 0.440. The van der Waals surface area contributed by atoms with Gasteiger partial charge in [0.15, 0.2) is 0 Å². The van der Waals surface area contributed by atoms with Gasteiger partial charge in [0.1, 0.15) is 11.9 Å². The van der Waals surface area contributed by atoms with Crippen molar-refractivity contribution in [3.63, 3.8) is 0 Å². The minimum atomic E-state index is -0.888. The Morgan fingerprint density at radius 2 is 1.72 bits per heavy atom. The van der Waals surface area contributed by atoms with Crippen molar-refractivity contribution in [2.24, 2.45) is 5.73 Å². The number of rotatable bonds is 6. The average molecular weight is 502 g/mol. The zero-order chi connectivity index (χ0) is 22.9. The third kappa shape index (κ3) is 4.89. The van der Waals surface area contributed by atoms with E-state index in [9.17, 15) is 14.0 Å². The molecule has 2 aliphatic rings. The van der Waals surface area contributed by atoms with Crippen LogP contribution in [0.2, 0.25) is 0 Å². The largest absolute Gasteiger partial charge is 0.343 e. The summed E-state index contributed by atoms with van der Waals surface area (Å²) in [6.45, 7) is 3.13. The van der Waals surface area contributed by atoms with Crippen LogP contribution >= 0.6 is 15.9 Å². The first-order valence-electron chi connectivity index (χ1n) is 11.1. The monoisotopic (exact) mass is 501 g/mol. The van der Waals surface area contributed by atoms with Gasteiger partial charge in [0.05, 0.1) is 5.41 Å². The highest BCUT2D eigenvalue weighted by Crippen LogP contribution is 2.49. The van der Waals surface area contributed by atoms with Gasteiger partial charge in [-0.05, 0) is 56.4 Å². The highest BCUT2D eigenvalue weighted by Gasteiger charge is 2.53. The minimum Gasteiger partial charge on any atom is -0.343 e. The lowest BCUT2D eigenvalue weighted by molar-refractivity contribution is -0.138. The summed E-state index contributed by atoms with van der Waals surface area (Å²) in [6.07, 6.45) is 2.97. The summed E-state index contributed by atoms with van der Waals surface area (Å²) in [5.74, 6) is -0.769. The second-order valence-corrected chi connectivity index (χ2v) is 10.3. The van der Waals surface area contributed by atoms with Gasteiger partial charge in [-0.25, -0.2) is 4.39 Å². The Morgan fingerprint density at radius 3 is 2.31 bits per heavy atom. The van der Waals surface area contributed by atoms with Gasteiger partial charge in [-0.3, -0.25) is 9.59 Å². The number of nitrogens with two attached hydrogens (primary N) is 1. The molecule has 5 nitrogen and oxygen atoms in total. The zero-order valence-electron chi connectivity index (χ0n) is 18.2. The summed E-state index contributed by atoms with van der Waals surface area (Å²) in [5, 5.41) is 2.99. The predicted molar refractivity (Wildman–Crippen MR) is 125 cm³/mol. The molecule has 170 valence electrons. The first-order valence-corrected chi connectivity index (χ1v) is 11.9. The van der Waals surface area contributed by atoms with E-state index in [1.165, 1.54) is 6.07 Å². The molecular weight excluding hydrogens is 473 g/mol. The Morgan fingerprint density at radius 1 is 1.09 bits per heavy atom. The number of halogens is 2. The number of benzene rings is 2. The van der Waals surface area contributed by atoms with E-state index in [4.69, 9.17) is 5.73 Å². The van der Waals surface area contributed by atoms with Gasteiger partial charge < -0.3 is 16.0 Å². The second-order valence-electron chi connectivity index (χ2n) is 9.40. The molecule has 2 amide bonds. The van der Waals surface area contributed by atoms with E-state index in [2.05, 4.69) is 21.2 Å². The van der Waals surface area contributed by atoms with Crippen molar-refractivity contribution in [2.75, 3.05) is 13.1 Å². The van der Waals surface area contributed by atoms with Crippen molar-refractivity contribution in [3.8, 4) is 0 Å². The van der Waals surface area contributed by atoms with Crippen LogP contribution in [0.1, 0.15) is 43.7 Å². The molecule has 0 bridgehead atoms. The van der Waals surface area contributed by atoms with E-state index in [1.807, 2.05) is 31.2 Å². The minimum absolute atomic E-state index is 0.110. The van der Waals surface area contributed by atoms with Crippen LogP contribution in [-0.4, -0.2) is 41.4 Å². The molecular formula is C25H29BrFN3O2. The molecule has 0 radical (unpaired) electrons. The second kappa shape index (κ2) is 8.94. The number of likely N-dealkylation sites (tertiary alicyclic amines) is 1. The van der Waals surface area contributed by atoms with Crippen molar-refractivity contribution >= 4 is 27.7 Å². The van der Waals surface area contributed by atoms with Crippen LogP contribution in [0.4, 0.5) is 4.39 Å². The Kier molecular flexibility index (Phi) is 6.41. The third-order valence-electron chi connectivity index (χ3n) is 6.75. The molecule has 1 unspecified atom stereocenters. The van der Waals surface area contributed by atoms with Crippen LogP contribution in [0, 0.1) is 5.82 Å². The number of nitrogens with zero attached hydrogens (tertiary/aromatic N) is 1. The van der Waals surface area contributed by atoms with Crippen LogP contribution in [0.15, 0.2) is 53.0 Å². The van der Waals surface area contributed by atoms with Gasteiger partial charge in [0.25, 0.3) is 0 Å². The molecule has 4 rings (SSSR count). The SMILES string of the molecule is CC1(N)CCN(C(=O)C(Cc2ccc(Br)cc2)NC(=O)C2(c3ccccc3F)CC2)CC1. The fourth-order valence-electron chi connectivity index (χ4n) is 4.40. The summed E-state index contributed by atoms with van der Waals surface area (Å²) in [5.41, 5.74) is 6.42. The first kappa shape index (κ1) is 22.9. The maximum absolute atomic E-state index is 14.5. The van der Waals surface area contributed by atoms with Gasteiger partial charge in [0, 0.05) is 35.1 Å². The zero-order valence-corrected chi connectivity index (χ0v) is 19.8. The molecule has 1 saturated heterocycles. The van der Waals surface area contributed by atoms with E-state index >= 15 is 0 Å². The lowest BCUT2D eigenvalue weighted by Gasteiger charge is -2.38. The highest BCUT2D eigenvalue weighted by molar-refractivity contribution is 9.10. The summed E-state index contributed by atoms with van der Waals surface area (Å²) in [4.78, 5) is 28.6. The molecule has 1 atom stereocenters. The van der Waals surface area contributed by atoms with E-state index in [0.29, 0.717) is 37.9 Å². The van der Waals surface area contributed by atoms with Gasteiger partial charge in [0.2, 0.25) is 11.8 Å². The number of amides is 2. The molecule has 2 aromatic carbocycles. The first-order chi connectivity index (χ1) is 15.2. The van der Waals surface area contributed by atoms with Gasteiger partial charge in [-0.15, -0.1) is 0 Å². The van der Waals surface area contributed by atoms with Crippen LogP contribution in [0.5, 0.6) is 0 Å². The highest BCUT2D eigenvalue weighted by atomic mass is 79.9. The molecule has 32 heavy (non-hydrogen) atoms. The molecule has 7 heteroatoms. The summed E-state index contributed by atoms with van der Waals surface area (Å²) in [6, 6.07) is 13.4. The van der Waals surface area contributed by atoms with E-state index < -0.39 is 11.5 Å². The van der Waals surface area contributed by atoms with Crippen LogP contribution in [0.3, 0.4) is 0 Å². The Balaban J connectivity index is 1.55. The van der Waals surface area contributed by atoms with Gasteiger partial charge in [-0.2, -0.15) is 0 Å². The molecule has 1 saturated carbocycles. The van der Waals surface area contributed by atoms with Crippen LogP contribution < -0.4 is 11.1 Å². The lowest BCUT2D eigenvalue weighted by atomic mass is 9.90. The average Bonchev–Trinajstić information content (AvgIpc) is 3.56. The van der Waals surface area contributed by atoms with Crippen molar-refractivity contribution < 1.29 is 14.0 Å². The van der Waals surface area contributed by atoms with Crippen molar-refractivity contribution in [3.05, 3.63) is 69.9 Å². The molecule has 2 fully saturated rings.